The zero-order valence-corrected chi connectivity index (χ0v) is 23.1. The van der Waals surface area contributed by atoms with E-state index in [1.807, 2.05) is 4.98 Å². The molecule has 2 N–H and O–H groups in total. The van der Waals surface area contributed by atoms with Crippen LogP contribution in [0.5, 0.6) is 0 Å². The van der Waals surface area contributed by atoms with Crippen molar-refractivity contribution in [2.45, 2.75) is 77.2 Å². The molecule has 17 heteroatoms. The summed E-state index contributed by atoms with van der Waals surface area (Å²) in [5.74, 6) is -5.44. The Hall–Kier alpha value is -4.54. The van der Waals surface area contributed by atoms with Crippen LogP contribution in [0.15, 0.2) is 21.9 Å². The van der Waals surface area contributed by atoms with Crippen LogP contribution >= 0.6 is 0 Å². The number of aromatic nitrogens is 2. The van der Waals surface area contributed by atoms with E-state index >= 15 is 0 Å². The molecule has 41 heavy (non-hydrogen) atoms. The summed E-state index contributed by atoms with van der Waals surface area (Å²) in [7, 11) is 0.964. The fraction of sp³-hybridized carbons (Fsp3) is 0.583. The molecule has 6 atom stereocenters. The van der Waals surface area contributed by atoms with Crippen LogP contribution in [0.3, 0.4) is 0 Å². The molecule has 0 aliphatic carbocycles. The van der Waals surface area contributed by atoms with E-state index < -0.39 is 96.2 Å². The maximum atomic E-state index is 13.4. The van der Waals surface area contributed by atoms with E-state index in [9.17, 15) is 38.4 Å². The highest BCUT2D eigenvalue weighted by Gasteiger charge is 2.59. The fourth-order valence-electron chi connectivity index (χ4n) is 4.37. The van der Waals surface area contributed by atoms with Gasteiger partial charge in [0.25, 0.3) is 11.3 Å². The lowest BCUT2D eigenvalue weighted by atomic mass is 9.86. The van der Waals surface area contributed by atoms with Gasteiger partial charge in [-0.05, 0) is 0 Å². The second-order valence-corrected chi connectivity index (χ2v) is 8.94. The van der Waals surface area contributed by atoms with Crippen LogP contribution in [0.4, 0.5) is 0 Å². The van der Waals surface area contributed by atoms with E-state index in [-0.39, 0.29) is 0 Å². The topological polar surface area (TPSA) is 225 Å². The summed E-state index contributed by atoms with van der Waals surface area (Å²) in [4.78, 5) is 100. The van der Waals surface area contributed by atoms with Crippen LogP contribution in [0, 0.1) is 0 Å². The largest absolute Gasteiger partial charge is 0.465 e. The third-order valence-electron chi connectivity index (χ3n) is 5.73. The number of nitrogens with one attached hydrogen (secondary N) is 2. The molecule has 2 heterocycles. The van der Waals surface area contributed by atoms with Crippen molar-refractivity contribution in [2.75, 3.05) is 13.7 Å². The van der Waals surface area contributed by atoms with Gasteiger partial charge in [-0.25, -0.2) is 9.59 Å². The normalized spacial score (nSPS) is 23.2. The number of ether oxygens (including phenoxy) is 6. The molecular formula is C24H31N3O14. The van der Waals surface area contributed by atoms with Gasteiger partial charge >= 0.3 is 35.5 Å². The lowest BCUT2D eigenvalue weighted by molar-refractivity contribution is -0.264. The number of amides is 1. The summed E-state index contributed by atoms with van der Waals surface area (Å²) in [6.45, 7) is 4.53. The van der Waals surface area contributed by atoms with E-state index in [4.69, 9.17) is 28.4 Å². The Balaban J connectivity index is 2.91. The van der Waals surface area contributed by atoms with Gasteiger partial charge in [0.15, 0.2) is 12.2 Å². The summed E-state index contributed by atoms with van der Waals surface area (Å²) in [5, 5.41) is 2.51. The third-order valence-corrected chi connectivity index (χ3v) is 5.73. The molecule has 0 spiro atoms. The molecule has 0 saturated carbocycles. The van der Waals surface area contributed by atoms with Gasteiger partial charge in [-0.1, -0.05) is 0 Å². The SMILES string of the molecule is COC(=O)[C@]1(n2ccc(=O)[nH]c2=O)C[C@H](OC(C)=O)[C@@H](NC(C)=O)[C@H]([C@@H](OC(C)=O)[C@@H](COC(C)=O)OC(C)=O)O1. The Labute approximate surface area is 232 Å². The summed E-state index contributed by atoms with van der Waals surface area (Å²) >= 11 is 0. The predicted molar refractivity (Wildman–Crippen MR) is 132 cm³/mol. The summed E-state index contributed by atoms with van der Waals surface area (Å²) in [6, 6.07) is -0.510. The number of hydrogen-bond donors (Lipinski definition) is 2. The molecule has 1 aliphatic heterocycles. The van der Waals surface area contributed by atoms with Crippen molar-refractivity contribution in [2.24, 2.45) is 0 Å². The first-order chi connectivity index (χ1) is 19.1. The molecule has 17 nitrogen and oxygen atoms in total. The molecule has 0 radical (unpaired) electrons. The summed E-state index contributed by atoms with van der Waals surface area (Å²) < 4.78 is 32.8. The van der Waals surface area contributed by atoms with Crippen molar-refractivity contribution < 1.29 is 57.2 Å². The van der Waals surface area contributed by atoms with Crippen LogP contribution in [-0.2, 0) is 62.9 Å². The van der Waals surface area contributed by atoms with Crippen molar-refractivity contribution in [1.29, 1.82) is 0 Å². The molecule has 2 rings (SSSR count). The lowest BCUT2D eigenvalue weighted by Crippen LogP contribution is -2.70. The molecule has 1 aromatic rings. The van der Waals surface area contributed by atoms with E-state index in [0.717, 1.165) is 54.0 Å². The zero-order chi connectivity index (χ0) is 31.1. The Bertz CT molecular complexity index is 1300. The van der Waals surface area contributed by atoms with Crippen LogP contribution in [0.1, 0.15) is 41.0 Å². The van der Waals surface area contributed by atoms with Gasteiger partial charge < -0.3 is 33.7 Å². The standard InChI is InChI=1S/C24H31N3O14/c1-11(28)25-19-16(38-13(3)30)9-24(22(34)36-6,27-8-7-18(33)26-23(27)35)41-21(19)20(40-15(5)32)17(39-14(4)31)10-37-12(2)29/h7-8,16-17,19-21H,9-10H2,1-6H3,(H,25,28)(H,26,33,35)/t16-,17+,19+,20-,21+,24-/m0/s1. The highest BCUT2D eigenvalue weighted by atomic mass is 16.6. The highest BCUT2D eigenvalue weighted by molar-refractivity contribution is 5.78. The quantitative estimate of drug-likeness (QED) is 0.224. The van der Waals surface area contributed by atoms with Crippen LogP contribution < -0.4 is 16.6 Å². The lowest BCUT2D eigenvalue weighted by Gasteiger charge is -2.49. The first kappa shape index (κ1) is 32.7. The van der Waals surface area contributed by atoms with E-state index in [0.29, 0.717) is 4.57 Å². The first-order valence-corrected chi connectivity index (χ1v) is 12.1. The predicted octanol–water partition coefficient (Wildman–Crippen LogP) is -1.99. The van der Waals surface area contributed by atoms with Crippen molar-refractivity contribution in [3.05, 3.63) is 33.1 Å². The van der Waals surface area contributed by atoms with Crippen molar-refractivity contribution >= 4 is 35.8 Å². The van der Waals surface area contributed by atoms with Crippen LogP contribution in [0.25, 0.3) is 0 Å². The Kier molecular flexibility index (Phi) is 10.9. The smallest absolute Gasteiger partial charge is 0.360 e. The third kappa shape index (κ3) is 8.23. The average molecular weight is 586 g/mol. The number of rotatable bonds is 10. The zero-order valence-electron chi connectivity index (χ0n) is 23.1. The van der Waals surface area contributed by atoms with Crippen LogP contribution in [-0.4, -0.2) is 89.5 Å². The minimum absolute atomic E-state index is 0.651. The fourth-order valence-corrected chi connectivity index (χ4v) is 4.37. The highest BCUT2D eigenvalue weighted by Crippen LogP contribution is 2.38. The minimum Gasteiger partial charge on any atom is -0.465 e. The van der Waals surface area contributed by atoms with E-state index in [1.54, 1.807) is 0 Å². The number of hydrogen-bond acceptors (Lipinski definition) is 14. The molecule has 1 saturated heterocycles. The average Bonchev–Trinajstić information content (AvgIpc) is 2.84. The molecule has 1 aliphatic rings. The number of H-pyrrole nitrogens is 1. The molecule has 1 fully saturated rings. The van der Waals surface area contributed by atoms with Crippen molar-refractivity contribution in [1.82, 2.24) is 14.9 Å². The van der Waals surface area contributed by atoms with E-state index in [1.165, 1.54) is 0 Å². The molecule has 0 unspecified atom stereocenters. The molecule has 226 valence electrons. The Morgan fingerprint density at radius 2 is 1.66 bits per heavy atom. The number of esters is 5. The molecule has 1 aromatic heterocycles. The van der Waals surface area contributed by atoms with E-state index in [2.05, 4.69) is 5.32 Å². The second kappa shape index (κ2) is 13.7. The van der Waals surface area contributed by atoms with Crippen LogP contribution in [0.2, 0.25) is 0 Å². The number of methoxy groups -OCH3 is 1. The monoisotopic (exact) mass is 585 g/mol. The number of aromatic amines is 1. The van der Waals surface area contributed by atoms with Gasteiger partial charge in [0.1, 0.15) is 18.8 Å². The summed E-state index contributed by atoms with van der Waals surface area (Å²) in [6.07, 6.45) is -6.31. The number of nitrogens with zero attached hydrogens (tertiary/aromatic N) is 1. The first-order valence-electron chi connectivity index (χ1n) is 12.1. The van der Waals surface area contributed by atoms with Gasteiger partial charge in [0, 0.05) is 53.3 Å². The van der Waals surface area contributed by atoms with Gasteiger partial charge in [-0.2, -0.15) is 0 Å². The molecular weight excluding hydrogens is 554 g/mol. The van der Waals surface area contributed by atoms with Crippen molar-refractivity contribution in [3.63, 3.8) is 0 Å². The van der Waals surface area contributed by atoms with Gasteiger partial charge in [0.2, 0.25) is 5.91 Å². The van der Waals surface area contributed by atoms with Gasteiger partial charge in [-0.3, -0.25) is 38.3 Å². The van der Waals surface area contributed by atoms with Gasteiger partial charge in [-0.15, -0.1) is 0 Å². The minimum atomic E-state index is -2.50. The Morgan fingerprint density at radius 1 is 1.02 bits per heavy atom. The molecule has 1 amide bonds. The molecule has 0 aromatic carbocycles. The maximum Gasteiger partial charge on any atom is 0.360 e. The second-order valence-electron chi connectivity index (χ2n) is 8.94. The molecule has 0 bridgehead atoms. The summed E-state index contributed by atoms with van der Waals surface area (Å²) in [5.41, 5.74) is -4.46. The maximum absolute atomic E-state index is 13.4. The number of carbonyl (C=O) groups excluding carboxylic acids is 6. The van der Waals surface area contributed by atoms with Crippen molar-refractivity contribution in [3.8, 4) is 0 Å². The Morgan fingerprint density at radius 3 is 2.15 bits per heavy atom. The number of carbonyl (C=O) groups is 6. The van der Waals surface area contributed by atoms with Gasteiger partial charge in [0.05, 0.1) is 13.2 Å².